The molecule has 0 N–H and O–H groups in total. The Morgan fingerprint density at radius 1 is 0.773 bits per heavy atom. The van der Waals surface area contributed by atoms with Gasteiger partial charge in [-0.3, -0.25) is 0 Å². The van der Waals surface area contributed by atoms with E-state index in [1.165, 1.54) is 10.8 Å². The second-order valence-corrected chi connectivity index (χ2v) is 5.24. The summed E-state index contributed by atoms with van der Waals surface area (Å²) in [5, 5.41) is 12.5. The van der Waals surface area contributed by atoms with Gasteiger partial charge in [-0.05, 0) is 41.1 Å². The zero-order valence-electron chi connectivity index (χ0n) is 11.8. The lowest BCUT2D eigenvalue weighted by atomic mass is 10.0. The van der Waals surface area contributed by atoms with Gasteiger partial charge in [-0.15, -0.1) is 0 Å². The first kappa shape index (κ1) is 12.6. The molecule has 0 aliphatic heterocycles. The van der Waals surface area contributed by atoms with Crippen LogP contribution in [0.3, 0.4) is 0 Å². The van der Waals surface area contributed by atoms with E-state index in [2.05, 4.69) is 36.4 Å². The summed E-state index contributed by atoms with van der Waals surface area (Å²) < 4.78 is 0. The Bertz CT molecular complexity index is 1040. The molecule has 1 aromatic heterocycles. The average molecular weight is 280 g/mol. The Labute approximate surface area is 128 Å². The van der Waals surface area contributed by atoms with Gasteiger partial charge in [0.05, 0.1) is 22.8 Å². The standard InChI is InChI=1S/C20H12N2/c21-13-17-6-3-7-20-18(17)10-11-19(22-20)16-9-8-14-4-1-2-5-15(14)12-16/h1-12H. The fourth-order valence-electron chi connectivity index (χ4n) is 2.76. The van der Waals surface area contributed by atoms with E-state index >= 15 is 0 Å². The third kappa shape index (κ3) is 2.01. The van der Waals surface area contributed by atoms with Crippen molar-refractivity contribution in [3.05, 3.63) is 78.4 Å². The number of rotatable bonds is 1. The lowest BCUT2D eigenvalue weighted by molar-refractivity contribution is 1.40. The zero-order valence-corrected chi connectivity index (χ0v) is 11.8. The molecule has 0 saturated carbocycles. The molecule has 4 aromatic rings. The highest BCUT2D eigenvalue weighted by Gasteiger charge is 2.05. The predicted molar refractivity (Wildman–Crippen MR) is 89.4 cm³/mol. The summed E-state index contributed by atoms with van der Waals surface area (Å²) in [6, 6.07) is 26.4. The van der Waals surface area contributed by atoms with E-state index in [1.807, 2.05) is 42.5 Å². The molecule has 0 bridgehead atoms. The third-order valence-electron chi connectivity index (χ3n) is 3.90. The van der Waals surface area contributed by atoms with Crippen molar-refractivity contribution >= 4 is 21.7 Å². The van der Waals surface area contributed by atoms with Crippen LogP contribution in [0.25, 0.3) is 32.9 Å². The van der Waals surface area contributed by atoms with Gasteiger partial charge < -0.3 is 0 Å². The minimum atomic E-state index is 0.662. The van der Waals surface area contributed by atoms with Gasteiger partial charge in [0.15, 0.2) is 0 Å². The number of hydrogen-bond acceptors (Lipinski definition) is 2. The summed E-state index contributed by atoms with van der Waals surface area (Å²) in [5.74, 6) is 0. The van der Waals surface area contributed by atoms with Gasteiger partial charge in [0.1, 0.15) is 0 Å². The molecule has 0 radical (unpaired) electrons. The maximum Gasteiger partial charge on any atom is 0.0998 e. The van der Waals surface area contributed by atoms with Crippen molar-refractivity contribution in [2.24, 2.45) is 0 Å². The maximum atomic E-state index is 9.16. The second kappa shape index (κ2) is 4.98. The monoisotopic (exact) mass is 280 g/mol. The van der Waals surface area contributed by atoms with E-state index in [-0.39, 0.29) is 0 Å². The number of fused-ring (bicyclic) bond motifs is 2. The molecule has 0 amide bonds. The van der Waals surface area contributed by atoms with Gasteiger partial charge in [0.25, 0.3) is 0 Å². The van der Waals surface area contributed by atoms with Gasteiger partial charge >= 0.3 is 0 Å². The number of pyridine rings is 1. The number of nitrogens with zero attached hydrogens (tertiary/aromatic N) is 2. The molecule has 1 heterocycles. The quantitative estimate of drug-likeness (QED) is 0.496. The van der Waals surface area contributed by atoms with Crippen molar-refractivity contribution in [3.8, 4) is 17.3 Å². The number of hydrogen-bond donors (Lipinski definition) is 0. The Morgan fingerprint density at radius 3 is 2.50 bits per heavy atom. The topological polar surface area (TPSA) is 36.7 Å². The summed E-state index contributed by atoms with van der Waals surface area (Å²) in [5.41, 5.74) is 3.52. The SMILES string of the molecule is N#Cc1cccc2nc(-c3ccc4ccccc4c3)ccc12. The van der Waals surface area contributed by atoms with Crippen LogP contribution in [-0.4, -0.2) is 4.98 Å². The van der Waals surface area contributed by atoms with Crippen LogP contribution in [0.4, 0.5) is 0 Å². The van der Waals surface area contributed by atoms with Gasteiger partial charge in [-0.1, -0.05) is 42.5 Å². The van der Waals surface area contributed by atoms with E-state index in [1.54, 1.807) is 0 Å². The second-order valence-electron chi connectivity index (χ2n) is 5.24. The molecule has 0 unspecified atom stereocenters. The minimum absolute atomic E-state index is 0.662. The molecule has 102 valence electrons. The van der Waals surface area contributed by atoms with Crippen LogP contribution in [0.5, 0.6) is 0 Å². The fourth-order valence-corrected chi connectivity index (χ4v) is 2.76. The Morgan fingerprint density at radius 2 is 1.64 bits per heavy atom. The number of benzene rings is 3. The van der Waals surface area contributed by atoms with Crippen molar-refractivity contribution < 1.29 is 0 Å². The van der Waals surface area contributed by atoms with Crippen LogP contribution in [0.1, 0.15) is 5.56 Å². The molecule has 0 spiro atoms. The predicted octanol–water partition coefficient (Wildman–Crippen LogP) is 4.93. The molecule has 0 saturated heterocycles. The van der Waals surface area contributed by atoms with Crippen molar-refractivity contribution in [1.29, 1.82) is 5.26 Å². The highest BCUT2D eigenvalue weighted by Crippen LogP contribution is 2.26. The largest absolute Gasteiger partial charge is 0.248 e. The molecular weight excluding hydrogens is 268 g/mol. The fraction of sp³-hybridized carbons (Fsp3) is 0. The van der Waals surface area contributed by atoms with Crippen LogP contribution in [-0.2, 0) is 0 Å². The first-order chi connectivity index (χ1) is 10.8. The normalized spacial score (nSPS) is 10.7. The van der Waals surface area contributed by atoms with E-state index in [4.69, 9.17) is 10.2 Å². The highest BCUT2D eigenvalue weighted by atomic mass is 14.7. The van der Waals surface area contributed by atoms with Crippen molar-refractivity contribution in [3.63, 3.8) is 0 Å². The summed E-state index contributed by atoms with van der Waals surface area (Å²) >= 11 is 0. The lowest BCUT2D eigenvalue weighted by Crippen LogP contribution is -1.87. The zero-order chi connectivity index (χ0) is 14.9. The molecule has 0 aliphatic carbocycles. The first-order valence-corrected chi connectivity index (χ1v) is 7.14. The first-order valence-electron chi connectivity index (χ1n) is 7.14. The highest BCUT2D eigenvalue weighted by molar-refractivity contribution is 5.89. The van der Waals surface area contributed by atoms with Crippen LogP contribution < -0.4 is 0 Å². The Hall–Kier alpha value is -3.18. The average Bonchev–Trinajstić information content (AvgIpc) is 2.60. The van der Waals surface area contributed by atoms with Crippen molar-refractivity contribution in [2.75, 3.05) is 0 Å². The Kier molecular flexibility index (Phi) is 2.84. The van der Waals surface area contributed by atoms with Crippen LogP contribution in [0.2, 0.25) is 0 Å². The molecule has 0 atom stereocenters. The summed E-state index contributed by atoms with van der Waals surface area (Å²) in [6.45, 7) is 0. The maximum absolute atomic E-state index is 9.16. The molecule has 2 heteroatoms. The van der Waals surface area contributed by atoms with E-state index in [0.717, 1.165) is 22.2 Å². The molecule has 0 fully saturated rings. The molecule has 22 heavy (non-hydrogen) atoms. The molecular formula is C20H12N2. The van der Waals surface area contributed by atoms with Gasteiger partial charge in [0, 0.05) is 10.9 Å². The van der Waals surface area contributed by atoms with Gasteiger partial charge in [-0.2, -0.15) is 5.26 Å². The number of nitriles is 1. The third-order valence-corrected chi connectivity index (χ3v) is 3.90. The molecule has 3 aromatic carbocycles. The minimum Gasteiger partial charge on any atom is -0.248 e. The van der Waals surface area contributed by atoms with Gasteiger partial charge in [-0.25, -0.2) is 4.98 Å². The molecule has 2 nitrogen and oxygen atoms in total. The summed E-state index contributed by atoms with van der Waals surface area (Å²) in [6.07, 6.45) is 0. The van der Waals surface area contributed by atoms with Crippen molar-refractivity contribution in [1.82, 2.24) is 4.98 Å². The summed E-state index contributed by atoms with van der Waals surface area (Å²) in [7, 11) is 0. The molecule has 0 aliphatic rings. The smallest absolute Gasteiger partial charge is 0.0998 e. The van der Waals surface area contributed by atoms with Crippen LogP contribution >= 0.6 is 0 Å². The van der Waals surface area contributed by atoms with Gasteiger partial charge in [0.2, 0.25) is 0 Å². The Balaban J connectivity index is 1.91. The lowest BCUT2D eigenvalue weighted by Gasteiger charge is -2.06. The summed E-state index contributed by atoms with van der Waals surface area (Å²) in [4.78, 5) is 4.71. The number of aromatic nitrogens is 1. The van der Waals surface area contributed by atoms with E-state index in [9.17, 15) is 0 Å². The van der Waals surface area contributed by atoms with Crippen LogP contribution in [0.15, 0.2) is 72.8 Å². The van der Waals surface area contributed by atoms with Crippen LogP contribution in [0, 0.1) is 11.3 Å². The van der Waals surface area contributed by atoms with E-state index in [0.29, 0.717) is 5.56 Å². The van der Waals surface area contributed by atoms with E-state index < -0.39 is 0 Å². The molecule has 4 rings (SSSR count). The van der Waals surface area contributed by atoms with Crippen molar-refractivity contribution in [2.45, 2.75) is 0 Å².